The fourth-order valence-electron chi connectivity index (χ4n) is 3.50. The Balaban J connectivity index is 1.29. The summed E-state index contributed by atoms with van der Waals surface area (Å²) in [5, 5.41) is 0.849. The molecule has 0 spiro atoms. The highest BCUT2D eigenvalue weighted by Crippen LogP contribution is 2.35. The number of carbonyl (C=O) groups is 1. The van der Waals surface area contributed by atoms with Gasteiger partial charge in [-0.25, -0.2) is 8.42 Å². The smallest absolute Gasteiger partial charge is 0.228 e. The molecule has 2 saturated heterocycles. The van der Waals surface area contributed by atoms with Gasteiger partial charge in [0.25, 0.3) is 0 Å². The van der Waals surface area contributed by atoms with Crippen molar-refractivity contribution in [2.75, 3.05) is 44.2 Å². The van der Waals surface area contributed by atoms with E-state index < -0.39 is 10.0 Å². The van der Waals surface area contributed by atoms with Crippen LogP contribution in [0.25, 0.3) is 0 Å². The summed E-state index contributed by atoms with van der Waals surface area (Å²) in [5.74, 6) is -0.124. The summed E-state index contributed by atoms with van der Waals surface area (Å²) in [6.45, 7) is 3.38. The molecule has 0 aromatic heterocycles. The maximum atomic E-state index is 12.6. The molecule has 0 bridgehead atoms. The Hall–Kier alpha value is -1.02. The first-order valence-corrected chi connectivity index (χ1v) is 11.1. The van der Waals surface area contributed by atoms with Crippen molar-refractivity contribution in [2.24, 2.45) is 5.92 Å². The summed E-state index contributed by atoms with van der Waals surface area (Å²) in [6.07, 6.45) is 1.52. The van der Waals surface area contributed by atoms with Crippen LogP contribution < -0.4 is 4.90 Å². The third kappa shape index (κ3) is 3.42. The van der Waals surface area contributed by atoms with E-state index in [2.05, 4.69) is 4.90 Å². The molecule has 142 valence electrons. The molecular formula is C17H21Cl2N3O3S. The molecule has 1 amide bonds. The molecule has 2 aliphatic heterocycles. The van der Waals surface area contributed by atoms with Crippen LogP contribution in [0.4, 0.5) is 5.69 Å². The minimum Gasteiger partial charge on any atom is -0.368 e. The normalized spacial score (nSPS) is 22.4. The Labute approximate surface area is 163 Å². The van der Waals surface area contributed by atoms with Gasteiger partial charge in [-0.2, -0.15) is 4.31 Å². The van der Waals surface area contributed by atoms with Crippen LogP contribution >= 0.6 is 23.2 Å². The molecule has 3 aliphatic rings. The van der Waals surface area contributed by atoms with Crippen LogP contribution in [0.2, 0.25) is 10.0 Å². The molecule has 1 aromatic carbocycles. The van der Waals surface area contributed by atoms with Crippen LogP contribution in [0, 0.1) is 5.92 Å². The number of carbonyl (C=O) groups excluding carboxylic acids is 1. The Kier molecular flexibility index (Phi) is 4.84. The molecule has 0 atom stereocenters. The van der Waals surface area contributed by atoms with Crippen molar-refractivity contribution in [1.29, 1.82) is 0 Å². The number of hydrogen-bond donors (Lipinski definition) is 0. The van der Waals surface area contributed by atoms with Crippen LogP contribution in [0.5, 0.6) is 0 Å². The summed E-state index contributed by atoms with van der Waals surface area (Å²) < 4.78 is 25.8. The standard InChI is InChI=1S/C17H21Cl2N3O3S/c18-15-4-1-13(9-16(15)19)20-5-7-21(8-6-20)17(23)12-10-22(11-12)26(24,25)14-2-3-14/h1,4,9,12,14H,2-3,5-8,10-11H2. The Bertz CT molecular complexity index is 815. The van der Waals surface area contributed by atoms with Gasteiger partial charge in [0, 0.05) is 45.0 Å². The van der Waals surface area contributed by atoms with E-state index in [0.29, 0.717) is 36.2 Å². The second-order valence-electron chi connectivity index (χ2n) is 7.17. The van der Waals surface area contributed by atoms with E-state index in [0.717, 1.165) is 31.6 Å². The maximum Gasteiger partial charge on any atom is 0.228 e. The zero-order chi connectivity index (χ0) is 18.5. The van der Waals surface area contributed by atoms with Crippen molar-refractivity contribution in [1.82, 2.24) is 9.21 Å². The minimum atomic E-state index is -3.15. The zero-order valence-corrected chi connectivity index (χ0v) is 16.6. The molecule has 0 unspecified atom stereocenters. The quantitative estimate of drug-likeness (QED) is 0.751. The van der Waals surface area contributed by atoms with Crippen molar-refractivity contribution in [3.63, 3.8) is 0 Å². The molecule has 4 rings (SSSR count). The largest absolute Gasteiger partial charge is 0.368 e. The monoisotopic (exact) mass is 417 g/mol. The molecular weight excluding hydrogens is 397 g/mol. The summed E-state index contributed by atoms with van der Waals surface area (Å²) in [7, 11) is -3.15. The van der Waals surface area contributed by atoms with Gasteiger partial charge in [-0.05, 0) is 31.0 Å². The lowest BCUT2D eigenvalue weighted by Crippen LogP contribution is -2.59. The van der Waals surface area contributed by atoms with Gasteiger partial charge in [0.1, 0.15) is 0 Å². The second kappa shape index (κ2) is 6.86. The average molecular weight is 418 g/mol. The zero-order valence-electron chi connectivity index (χ0n) is 14.3. The highest BCUT2D eigenvalue weighted by atomic mass is 35.5. The molecule has 9 heteroatoms. The number of anilines is 1. The minimum absolute atomic E-state index is 0.0704. The van der Waals surface area contributed by atoms with Crippen LogP contribution in [-0.4, -0.2) is 68.0 Å². The van der Waals surface area contributed by atoms with Gasteiger partial charge in [0.2, 0.25) is 15.9 Å². The molecule has 2 heterocycles. The molecule has 6 nitrogen and oxygen atoms in total. The van der Waals surface area contributed by atoms with Gasteiger partial charge in [0.05, 0.1) is 21.2 Å². The number of amides is 1. The second-order valence-corrected chi connectivity index (χ2v) is 10.2. The Morgan fingerprint density at radius 1 is 1.00 bits per heavy atom. The van der Waals surface area contributed by atoms with E-state index in [4.69, 9.17) is 23.2 Å². The molecule has 3 fully saturated rings. The highest BCUT2D eigenvalue weighted by Gasteiger charge is 2.47. The molecule has 1 saturated carbocycles. The van der Waals surface area contributed by atoms with Gasteiger partial charge in [-0.1, -0.05) is 23.2 Å². The molecule has 1 aliphatic carbocycles. The predicted molar refractivity (Wildman–Crippen MR) is 102 cm³/mol. The number of sulfonamides is 1. The van der Waals surface area contributed by atoms with E-state index >= 15 is 0 Å². The molecule has 0 radical (unpaired) electrons. The van der Waals surface area contributed by atoms with E-state index in [9.17, 15) is 13.2 Å². The first-order chi connectivity index (χ1) is 12.4. The Morgan fingerprint density at radius 2 is 1.65 bits per heavy atom. The maximum absolute atomic E-state index is 12.6. The third-order valence-corrected chi connectivity index (χ3v) is 8.43. The van der Waals surface area contributed by atoms with Crippen LogP contribution in [0.1, 0.15) is 12.8 Å². The van der Waals surface area contributed by atoms with E-state index in [1.165, 1.54) is 4.31 Å². The molecule has 1 aromatic rings. The fourth-order valence-corrected chi connectivity index (χ4v) is 5.73. The van der Waals surface area contributed by atoms with Crippen LogP contribution in [0.15, 0.2) is 18.2 Å². The summed E-state index contributed by atoms with van der Waals surface area (Å²) in [5.41, 5.74) is 0.997. The number of hydrogen-bond acceptors (Lipinski definition) is 4. The molecule has 0 N–H and O–H groups in total. The van der Waals surface area contributed by atoms with Gasteiger partial charge < -0.3 is 9.80 Å². The van der Waals surface area contributed by atoms with Crippen molar-refractivity contribution < 1.29 is 13.2 Å². The number of piperazine rings is 1. The average Bonchev–Trinajstić information content (AvgIpc) is 3.41. The van der Waals surface area contributed by atoms with Crippen LogP contribution in [0.3, 0.4) is 0 Å². The predicted octanol–water partition coefficient (Wildman–Crippen LogP) is 2.07. The first kappa shape index (κ1) is 18.3. The summed E-state index contributed by atoms with van der Waals surface area (Å²) in [4.78, 5) is 16.7. The lowest BCUT2D eigenvalue weighted by atomic mass is 10.0. The SMILES string of the molecule is O=C(C1CN(S(=O)(=O)C2CC2)C1)N1CCN(c2ccc(Cl)c(Cl)c2)CC1. The van der Waals surface area contributed by atoms with Crippen molar-refractivity contribution in [2.45, 2.75) is 18.1 Å². The lowest BCUT2D eigenvalue weighted by molar-refractivity contribution is -0.139. The van der Waals surface area contributed by atoms with Gasteiger partial charge in [-0.15, -0.1) is 0 Å². The number of benzene rings is 1. The van der Waals surface area contributed by atoms with Crippen molar-refractivity contribution >= 4 is 44.8 Å². The fraction of sp³-hybridized carbons (Fsp3) is 0.588. The summed E-state index contributed by atoms with van der Waals surface area (Å²) in [6, 6.07) is 5.55. The first-order valence-electron chi connectivity index (χ1n) is 8.84. The lowest BCUT2D eigenvalue weighted by Gasteiger charge is -2.42. The number of halogens is 2. The highest BCUT2D eigenvalue weighted by molar-refractivity contribution is 7.90. The topological polar surface area (TPSA) is 60.9 Å². The Morgan fingerprint density at radius 3 is 2.23 bits per heavy atom. The van der Waals surface area contributed by atoms with Gasteiger partial charge in [0.15, 0.2) is 0 Å². The van der Waals surface area contributed by atoms with Crippen molar-refractivity contribution in [3.05, 3.63) is 28.2 Å². The number of rotatable bonds is 4. The van der Waals surface area contributed by atoms with Gasteiger partial charge >= 0.3 is 0 Å². The third-order valence-electron chi connectivity index (χ3n) is 5.36. The number of nitrogens with zero attached hydrogens (tertiary/aromatic N) is 3. The van der Waals surface area contributed by atoms with E-state index in [1.54, 1.807) is 6.07 Å². The molecule has 26 heavy (non-hydrogen) atoms. The van der Waals surface area contributed by atoms with E-state index in [-0.39, 0.29) is 17.1 Å². The van der Waals surface area contributed by atoms with Gasteiger partial charge in [-0.3, -0.25) is 4.79 Å². The van der Waals surface area contributed by atoms with Crippen LogP contribution in [-0.2, 0) is 14.8 Å². The van der Waals surface area contributed by atoms with E-state index in [1.807, 2.05) is 17.0 Å². The summed E-state index contributed by atoms with van der Waals surface area (Å²) >= 11 is 12.0. The van der Waals surface area contributed by atoms with Crippen molar-refractivity contribution in [3.8, 4) is 0 Å².